The topological polar surface area (TPSA) is 20.2 Å². The molecule has 1 N–H and O–H groups in total. The van der Waals surface area contributed by atoms with Crippen molar-refractivity contribution >= 4 is 21.6 Å². The number of aliphatic hydroxyl groups excluding tert-OH is 1. The van der Waals surface area contributed by atoms with Crippen molar-refractivity contribution in [1.29, 1.82) is 0 Å². The first-order chi connectivity index (χ1) is 7.47. The third-order valence-electron chi connectivity index (χ3n) is 2.92. The van der Waals surface area contributed by atoms with Crippen LogP contribution in [0.2, 0.25) is 0 Å². The van der Waals surface area contributed by atoms with Crippen molar-refractivity contribution < 1.29 is 18.3 Å². The van der Waals surface area contributed by atoms with Crippen LogP contribution >= 0.6 is 21.6 Å². The summed E-state index contributed by atoms with van der Waals surface area (Å²) in [6.07, 6.45) is -3.38. The Morgan fingerprint density at radius 3 is 2.44 bits per heavy atom. The molecule has 96 valence electrons. The van der Waals surface area contributed by atoms with Crippen LogP contribution in [0.3, 0.4) is 0 Å². The van der Waals surface area contributed by atoms with Gasteiger partial charge < -0.3 is 5.11 Å². The summed E-state index contributed by atoms with van der Waals surface area (Å²) in [5.41, 5.74) is 0. The van der Waals surface area contributed by atoms with Crippen molar-refractivity contribution in [3.63, 3.8) is 0 Å². The van der Waals surface area contributed by atoms with Crippen LogP contribution < -0.4 is 0 Å². The van der Waals surface area contributed by atoms with Gasteiger partial charge in [-0.2, -0.15) is 13.2 Å². The molecule has 6 heteroatoms. The van der Waals surface area contributed by atoms with Gasteiger partial charge in [0.15, 0.2) is 0 Å². The summed E-state index contributed by atoms with van der Waals surface area (Å²) in [6, 6.07) is 0. The third-order valence-corrected chi connectivity index (χ3v) is 6.65. The normalized spacial score (nSPS) is 38.6. The van der Waals surface area contributed by atoms with E-state index in [0.29, 0.717) is 12.8 Å². The van der Waals surface area contributed by atoms with Crippen LogP contribution in [0, 0.1) is 0 Å². The third kappa shape index (κ3) is 2.34. The second-order valence-corrected chi connectivity index (χ2v) is 6.57. The zero-order valence-electron chi connectivity index (χ0n) is 9.38. The number of hydrogen-bond donors (Lipinski definition) is 1. The summed E-state index contributed by atoms with van der Waals surface area (Å²) in [5, 5.41) is 9.48. The molecule has 1 saturated carbocycles. The maximum Gasteiger partial charge on any atom is 0.406 e. The highest BCUT2D eigenvalue weighted by Crippen LogP contribution is 2.62. The van der Waals surface area contributed by atoms with Crippen LogP contribution in [-0.4, -0.2) is 27.4 Å². The zero-order valence-corrected chi connectivity index (χ0v) is 11.0. The van der Waals surface area contributed by atoms with Crippen molar-refractivity contribution in [2.75, 3.05) is 0 Å². The van der Waals surface area contributed by atoms with E-state index in [1.54, 1.807) is 0 Å². The van der Waals surface area contributed by atoms with E-state index in [2.05, 4.69) is 0 Å². The fourth-order valence-electron chi connectivity index (χ4n) is 2.04. The molecule has 0 radical (unpaired) electrons. The molecule has 1 aliphatic heterocycles. The number of rotatable bonds is 0. The molecule has 1 heterocycles. The lowest BCUT2D eigenvalue weighted by Crippen LogP contribution is -2.50. The van der Waals surface area contributed by atoms with Crippen molar-refractivity contribution in [2.24, 2.45) is 0 Å². The molecule has 1 saturated heterocycles. The molecule has 2 aliphatic rings. The molecule has 3 unspecified atom stereocenters. The Balaban J connectivity index is 0.000000606. The maximum atomic E-state index is 12.9. The van der Waals surface area contributed by atoms with E-state index in [9.17, 15) is 18.3 Å². The highest BCUT2D eigenvalue weighted by Gasteiger charge is 2.65. The molecule has 2 fully saturated rings. The van der Waals surface area contributed by atoms with E-state index in [-0.39, 0.29) is 11.7 Å². The molecular weight excluding hydrogens is 257 g/mol. The van der Waals surface area contributed by atoms with Crippen molar-refractivity contribution in [1.82, 2.24) is 0 Å². The van der Waals surface area contributed by atoms with Gasteiger partial charge in [0, 0.05) is 5.25 Å². The van der Waals surface area contributed by atoms with Crippen LogP contribution in [0.15, 0.2) is 0 Å². The van der Waals surface area contributed by atoms with Gasteiger partial charge in [-0.3, -0.25) is 0 Å². The first-order valence-corrected chi connectivity index (χ1v) is 7.78. The molecule has 1 aliphatic carbocycles. The van der Waals surface area contributed by atoms with Crippen molar-refractivity contribution in [3.05, 3.63) is 0 Å². The minimum absolute atomic E-state index is 0.0613. The Labute approximate surface area is 102 Å². The molecular formula is C10H17F3OS2. The Bertz CT molecular complexity index is 235. The second kappa shape index (κ2) is 5.40. The minimum atomic E-state index is -4.29. The van der Waals surface area contributed by atoms with Crippen molar-refractivity contribution in [3.8, 4) is 0 Å². The number of hydrogen-bond acceptors (Lipinski definition) is 3. The van der Waals surface area contributed by atoms with Crippen LogP contribution in [0.5, 0.6) is 0 Å². The fraction of sp³-hybridized carbons (Fsp3) is 1.00. The van der Waals surface area contributed by atoms with E-state index < -0.39 is 17.0 Å². The SMILES string of the molecule is CC.OC1C2CCCCC1(C(F)(F)F)SS2. The predicted molar refractivity (Wildman–Crippen MR) is 63.6 cm³/mol. The zero-order chi connectivity index (χ0) is 12.4. The highest BCUT2D eigenvalue weighted by molar-refractivity contribution is 8.78. The number of aliphatic hydroxyl groups is 1. The Kier molecular flexibility index (Phi) is 4.89. The van der Waals surface area contributed by atoms with Gasteiger partial charge in [-0.25, -0.2) is 0 Å². The summed E-state index contributed by atoms with van der Waals surface area (Å²) < 4.78 is 36.7. The van der Waals surface area contributed by atoms with Gasteiger partial charge in [-0.1, -0.05) is 48.3 Å². The average molecular weight is 274 g/mol. The lowest BCUT2D eigenvalue weighted by Gasteiger charge is -2.32. The van der Waals surface area contributed by atoms with Gasteiger partial charge in [0.05, 0.1) is 6.10 Å². The smallest absolute Gasteiger partial charge is 0.390 e. The van der Waals surface area contributed by atoms with Gasteiger partial charge in [0.1, 0.15) is 4.75 Å². The molecule has 3 atom stereocenters. The summed E-state index contributed by atoms with van der Waals surface area (Å²) in [4.78, 5) is 0. The molecule has 0 aromatic rings. The van der Waals surface area contributed by atoms with E-state index in [1.807, 2.05) is 13.8 Å². The minimum Gasteiger partial charge on any atom is -0.390 e. The summed E-state index contributed by atoms with van der Waals surface area (Å²) >= 11 is 0. The van der Waals surface area contributed by atoms with Crippen LogP contribution in [0.4, 0.5) is 13.2 Å². The standard InChI is InChI=1S/C8H11F3OS2.C2H6/c9-8(10,11)7-4-2-1-3-5(6(7)12)13-14-7;1-2/h5-6,12H,1-4H2;1-2H3. The second-order valence-electron chi connectivity index (χ2n) is 3.80. The Morgan fingerprint density at radius 2 is 1.88 bits per heavy atom. The summed E-state index contributed by atoms with van der Waals surface area (Å²) in [5.74, 6) is 0. The van der Waals surface area contributed by atoms with Crippen molar-refractivity contribution in [2.45, 2.75) is 61.8 Å². The number of halogens is 3. The highest BCUT2D eigenvalue weighted by atomic mass is 33.1. The van der Waals surface area contributed by atoms with Crippen LogP contribution in [0.1, 0.15) is 39.5 Å². The van der Waals surface area contributed by atoms with Gasteiger partial charge in [0.2, 0.25) is 0 Å². The predicted octanol–water partition coefficient (Wildman–Crippen LogP) is 4.01. The largest absolute Gasteiger partial charge is 0.406 e. The number of alkyl halides is 3. The summed E-state index contributed by atoms with van der Waals surface area (Å²) in [7, 11) is 2.04. The van der Waals surface area contributed by atoms with Gasteiger partial charge in [-0.15, -0.1) is 0 Å². The van der Waals surface area contributed by atoms with Gasteiger partial charge in [-0.05, 0) is 12.8 Å². The molecule has 2 rings (SSSR count). The van der Waals surface area contributed by atoms with Crippen LogP contribution in [-0.2, 0) is 0 Å². The Morgan fingerprint density at radius 1 is 1.25 bits per heavy atom. The number of fused-ring (bicyclic) bond motifs is 2. The van der Waals surface area contributed by atoms with E-state index in [4.69, 9.17) is 0 Å². The molecule has 16 heavy (non-hydrogen) atoms. The Hall–Kier alpha value is 0.450. The molecule has 0 amide bonds. The van der Waals surface area contributed by atoms with Crippen LogP contribution in [0.25, 0.3) is 0 Å². The van der Waals surface area contributed by atoms with E-state index in [0.717, 1.165) is 17.2 Å². The molecule has 1 nitrogen and oxygen atoms in total. The van der Waals surface area contributed by atoms with Gasteiger partial charge in [0.25, 0.3) is 0 Å². The van der Waals surface area contributed by atoms with E-state index in [1.165, 1.54) is 10.8 Å². The molecule has 0 aromatic carbocycles. The first kappa shape index (κ1) is 14.5. The summed E-state index contributed by atoms with van der Waals surface area (Å²) in [6.45, 7) is 4.00. The average Bonchev–Trinajstić information content (AvgIpc) is 2.40. The quantitative estimate of drug-likeness (QED) is 0.674. The lowest BCUT2D eigenvalue weighted by atomic mass is 9.95. The lowest BCUT2D eigenvalue weighted by molar-refractivity contribution is -0.181. The first-order valence-electron chi connectivity index (χ1n) is 5.57. The molecule has 2 bridgehead atoms. The monoisotopic (exact) mass is 274 g/mol. The fourth-order valence-corrected chi connectivity index (χ4v) is 5.92. The maximum absolute atomic E-state index is 12.9. The molecule has 0 aromatic heterocycles. The molecule has 0 spiro atoms. The van der Waals surface area contributed by atoms with Gasteiger partial charge >= 0.3 is 6.18 Å². The van der Waals surface area contributed by atoms with E-state index >= 15 is 0 Å².